The summed E-state index contributed by atoms with van der Waals surface area (Å²) in [5.74, 6) is 1.79. The molecule has 0 aliphatic heterocycles. The van der Waals surface area contributed by atoms with Crippen LogP contribution < -0.4 is 15.4 Å². The maximum absolute atomic E-state index is 5.63. The van der Waals surface area contributed by atoms with E-state index in [0.29, 0.717) is 18.4 Å². The standard InChI is InChI=1S/C21H25N5O/c1-5-27-18-9-7-6-8-17(18)24-19-14-22-26-20(25-19)23-16-12-10-15(11-13-16)21(2,3)4/h6-14H,5H2,1-4H3,(H2,23,24,25,26). The lowest BCUT2D eigenvalue weighted by atomic mass is 9.87. The summed E-state index contributed by atoms with van der Waals surface area (Å²) in [5, 5.41) is 14.5. The number of aromatic nitrogens is 3. The Bertz CT molecular complexity index is 888. The minimum Gasteiger partial charge on any atom is -0.492 e. The maximum Gasteiger partial charge on any atom is 0.249 e. The van der Waals surface area contributed by atoms with Crippen molar-refractivity contribution in [2.75, 3.05) is 17.2 Å². The van der Waals surface area contributed by atoms with Crippen molar-refractivity contribution in [1.82, 2.24) is 15.2 Å². The zero-order valence-corrected chi connectivity index (χ0v) is 16.2. The summed E-state index contributed by atoms with van der Waals surface area (Å²) in [4.78, 5) is 4.48. The normalized spacial score (nSPS) is 11.1. The first-order valence-electron chi connectivity index (χ1n) is 9.02. The van der Waals surface area contributed by atoms with E-state index in [-0.39, 0.29) is 5.41 Å². The van der Waals surface area contributed by atoms with Gasteiger partial charge in [-0.05, 0) is 42.2 Å². The van der Waals surface area contributed by atoms with Gasteiger partial charge in [0.05, 0.1) is 18.5 Å². The molecule has 0 amide bonds. The monoisotopic (exact) mass is 363 g/mol. The van der Waals surface area contributed by atoms with E-state index in [1.165, 1.54) is 5.56 Å². The highest BCUT2D eigenvalue weighted by Crippen LogP contribution is 2.27. The second-order valence-electron chi connectivity index (χ2n) is 7.17. The lowest BCUT2D eigenvalue weighted by molar-refractivity contribution is 0.342. The van der Waals surface area contributed by atoms with Gasteiger partial charge in [-0.25, -0.2) is 0 Å². The number of hydrogen-bond donors (Lipinski definition) is 2. The summed E-state index contributed by atoms with van der Waals surface area (Å²) >= 11 is 0. The van der Waals surface area contributed by atoms with Crippen molar-refractivity contribution in [1.29, 1.82) is 0 Å². The van der Waals surface area contributed by atoms with E-state index in [4.69, 9.17) is 4.74 Å². The summed E-state index contributed by atoms with van der Waals surface area (Å²) in [6, 6.07) is 16.0. The third-order valence-corrected chi connectivity index (χ3v) is 4.02. The summed E-state index contributed by atoms with van der Waals surface area (Å²) in [7, 11) is 0. The van der Waals surface area contributed by atoms with Crippen LogP contribution in [0.15, 0.2) is 54.7 Å². The third-order valence-electron chi connectivity index (χ3n) is 4.02. The van der Waals surface area contributed by atoms with Gasteiger partial charge in [0.1, 0.15) is 5.75 Å². The van der Waals surface area contributed by atoms with Gasteiger partial charge in [0.15, 0.2) is 5.82 Å². The maximum atomic E-state index is 5.63. The van der Waals surface area contributed by atoms with Crippen LogP contribution in [0.1, 0.15) is 33.3 Å². The molecule has 2 aromatic carbocycles. The lowest BCUT2D eigenvalue weighted by Crippen LogP contribution is -2.10. The number of benzene rings is 2. The number of anilines is 4. The van der Waals surface area contributed by atoms with Gasteiger partial charge in [-0.15, -0.1) is 5.10 Å². The van der Waals surface area contributed by atoms with Crippen LogP contribution >= 0.6 is 0 Å². The molecule has 3 rings (SSSR count). The average molecular weight is 363 g/mol. The first-order valence-corrected chi connectivity index (χ1v) is 9.02. The number of nitrogens with one attached hydrogen (secondary N) is 2. The van der Waals surface area contributed by atoms with Gasteiger partial charge in [-0.3, -0.25) is 0 Å². The van der Waals surface area contributed by atoms with Gasteiger partial charge in [-0.2, -0.15) is 10.1 Å². The van der Waals surface area contributed by atoms with Crippen LogP contribution in [-0.4, -0.2) is 21.8 Å². The molecule has 0 spiro atoms. The molecule has 6 nitrogen and oxygen atoms in total. The molecular weight excluding hydrogens is 338 g/mol. The molecule has 0 fully saturated rings. The predicted molar refractivity (Wildman–Crippen MR) is 109 cm³/mol. The zero-order chi connectivity index (χ0) is 19.3. The van der Waals surface area contributed by atoms with Crippen LogP contribution in [0.4, 0.5) is 23.1 Å². The lowest BCUT2D eigenvalue weighted by Gasteiger charge is -2.19. The number of hydrogen-bond acceptors (Lipinski definition) is 6. The molecule has 0 aliphatic carbocycles. The smallest absolute Gasteiger partial charge is 0.249 e. The zero-order valence-electron chi connectivity index (χ0n) is 16.2. The van der Waals surface area contributed by atoms with E-state index in [2.05, 4.69) is 58.7 Å². The summed E-state index contributed by atoms with van der Waals surface area (Å²) in [5.41, 5.74) is 3.14. The van der Waals surface area contributed by atoms with Crippen LogP contribution in [0, 0.1) is 0 Å². The van der Waals surface area contributed by atoms with E-state index in [9.17, 15) is 0 Å². The first kappa shape index (κ1) is 18.6. The van der Waals surface area contributed by atoms with Gasteiger partial charge in [0.25, 0.3) is 0 Å². The minimum atomic E-state index is 0.119. The Labute approximate surface area is 160 Å². The Balaban J connectivity index is 1.74. The molecule has 3 aromatic rings. The molecule has 0 unspecified atom stereocenters. The number of para-hydroxylation sites is 2. The highest BCUT2D eigenvalue weighted by Gasteiger charge is 2.13. The Hall–Kier alpha value is -3.15. The molecule has 0 radical (unpaired) electrons. The van der Waals surface area contributed by atoms with Crippen LogP contribution in [0.3, 0.4) is 0 Å². The first-order chi connectivity index (χ1) is 13.0. The molecule has 2 N–H and O–H groups in total. The largest absolute Gasteiger partial charge is 0.492 e. The van der Waals surface area contributed by atoms with Crippen molar-refractivity contribution in [3.63, 3.8) is 0 Å². The van der Waals surface area contributed by atoms with E-state index in [0.717, 1.165) is 17.1 Å². The molecule has 6 heteroatoms. The SMILES string of the molecule is CCOc1ccccc1Nc1cnnc(Nc2ccc(C(C)(C)C)cc2)n1. The number of ether oxygens (including phenoxy) is 1. The molecule has 0 bridgehead atoms. The van der Waals surface area contributed by atoms with Crippen molar-refractivity contribution in [3.8, 4) is 5.75 Å². The fourth-order valence-electron chi connectivity index (χ4n) is 2.59. The summed E-state index contributed by atoms with van der Waals surface area (Å²) in [6.07, 6.45) is 1.58. The van der Waals surface area contributed by atoms with E-state index < -0.39 is 0 Å². The number of rotatable bonds is 6. The quantitative estimate of drug-likeness (QED) is 0.638. The van der Waals surface area contributed by atoms with E-state index >= 15 is 0 Å². The minimum absolute atomic E-state index is 0.119. The fourth-order valence-corrected chi connectivity index (χ4v) is 2.59. The molecule has 0 aliphatic rings. The highest BCUT2D eigenvalue weighted by molar-refractivity contribution is 5.64. The van der Waals surface area contributed by atoms with Crippen LogP contribution in [-0.2, 0) is 5.41 Å². The summed E-state index contributed by atoms with van der Waals surface area (Å²) in [6.45, 7) is 9.13. The topological polar surface area (TPSA) is 72.0 Å². The predicted octanol–water partition coefficient (Wildman–Crippen LogP) is 5.06. The van der Waals surface area contributed by atoms with E-state index in [1.807, 2.05) is 43.3 Å². The molecule has 0 saturated heterocycles. The highest BCUT2D eigenvalue weighted by atomic mass is 16.5. The van der Waals surface area contributed by atoms with E-state index in [1.54, 1.807) is 6.20 Å². The Morgan fingerprint density at radius 1 is 0.963 bits per heavy atom. The van der Waals surface area contributed by atoms with Gasteiger partial charge >= 0.3 is 0 Å². The second kappa shape index (κ2) is 8.03. The molecular formula is C21H25N5O. The van der Waals surface area contributed by atoms with Crippen molar-refractivity contribution < 1.29 is 4.74 Å². The Morgan fingerprint density at radius 2 is 1.70 bits per heavy atom. The fraction of sp³-hybridized carbons (Fsp3) is 0.286. The molecule has 140 valence electrons. The van der Waals surface area contributed by atoms with Crippen molar-refractivity contribution >= 4 is 23.1 Å². The third kappa shape index (κ3) is 4.94. The molecule has 1 heterocycles. The van der Waals surface area contributed by atoms with Crippen molar-refractivity contribution in [2.24, 2.45) is 0 Å². The summed E-state index contributed by atoms with van der Waals surface area (Å²) < 4.78 is 5.63. The molecule has 0 saturated carbocycles. The molecule has 27 heavy (non-hydrogen) atoms. The van der Waals surface area contributed by atoms with Crippen LogP contribution in [0.5, 0.6) is 5.75 Å². The van der Waals surface area contributed by atoms with Gasteiger partial charge < -0.3 is 15.4 Å². The van der Waals surface area contributed by atoms with Gasteiger partial charge in [-0.1, -0.05) is 45.0 Å². The second-order valence-corrected chi connectivity index (χ2v) is 7.17. The Kier molecular flexibility index (Phi) is 5.54. The Morgan fingerprint density at radius 3 is 2.41 bits per heavy atom. The van der Waals surface area contributed by atoms with Crippen LogP contribution in [0.2, 0.25) is 0 Å². The van der Waals surface area contributed by atoms with Crippen molar-refractivity contribution in [2.45, 2.75) is 33.1 Å². The molecule has 1 aromatic heterocycles. The molecule has 0 atom stereocenters. The average Bonchev–Trinajstić information content (AvgIpc) is 2.64. The van der Waals surface area contributed by atoms with Gasteiger partial charge in [0, 0.05) is 5.69 Å². The van der Waals surface area contributed by atoms with Gasteiger partial charge in [0.2, 0.25) is 5.95 Å². The van der Waals surface area contributed by atoms with Crippen LogP contribution in [0.25, 0.3) is 0 Å². The number of nitrogens with zero attached hydrogens (tertiary/aromatic N) is 3. The van der Waals surface area contributed by atoms with Crippen molar-refractivity contribution in [3.05, 3.63) is 60.3 Å².